The van der Waals surface area contributed by atoms with E-state index in [4.69, 9.17) is 4.74 Å². The molecule has 3 rings (SSSR count). The van der Waals surface area contributed by atoms with E-state index in [2.05, 4.69) is 10.6 Å². The highest BCUT2D eigenvalue weighted by atomic mass is 32.2. The highest BCUT2D eigenvalue weighted by Crippen LogP contribution is 2.25. The number of nitrogens with one attached hydrogen (secondary N) is 2. The Morgan fingerprint density at radius 1 is 1.19 bits per heavy atom. The second kappa shape index (κ2) is 9.13. The van der Waals surface area contributed by atoms with E-state index in [1.165, 1.54) is 4.31 Å². The predicted octanol–water partition coefficient (Wildman–Crippen LogP) is 1.05. The molecule has 1 atom stereocenters. The van der Waals surface area contributed by atoms with Crippen molar-refractivity contribution in [1.82, 2.24) is 14.9 Å². The molecular weight excluding hydrogens is 390 g/mol. The van der Waals surface area contributed by atoms with Gasteiger partial charge in [-0.2, -0.15) is 4.31 Å². The first-order chi connectivity index (χ1) is 13.0. The van der Waals surface area contributed by atoms with Gasteiger partial charge in [0.15, 0.2) is 0 Å². The molecule has 2 fully saturated rings. The minimum atomic E-state index is -3.68. The van der Waals surface area contributed by atoms with Crippen molar-refractivity contribution in [3.8, 4) is 0 Å². The van der Waals surface area contributed by atoms with Gasteiger partial charge in [0, 0.05) is 12.6 Å². The average Bonchev–Trinajstić information content (AvgIpc) is 3.23. The Bertz CT molecular complexity index is 745. The maximum absolute atomic E-state index is 12.8. The van der Waals surface area contributed by atoms with Crippen LogP contribution in [0.1, 0.15) is 38.5 Å². The van der Waals surface area contributed by atoms with Crippen LogP contribution < -0.4 is 10.6 Å². The highest BCUT2D eigenvalue weighted by Gasteiger charge is 2.35. The van der Waals surface area contributed by atoms with E-state index in [1.54, 1.807) is 17.5 Å². The zero-order valence-corrected chi connectivity index (χ0v) is 16.7. The molecule has 0 radical (unpaired) electrons. The molecule has 1 aromatic heterocycles. The van der Waals surface area contributed by atoms with E-state index in [1.807, 2.05) is 0 Å². The zero-order valence-electron chi connectivity index (χ0n) is 15.1. The molecule has 0 aromatic carbocycles. The van der Waals surface area contributed by atoms with Gasteiger partial charge in [-0.25, -0.2) is 8.42 Å². The summed E-state index contributed by atoms with van der Waals surface area (Å²) in [5, 5.41) is 6.96. The van der Waals surface area contributed by atoms with Crippen LogP contribution in [0.25, 0.3) is 0 Å². The first kappa shape index (κ1) is 20.2. The third kappa shape index (κ3) is 5.07. The molecule has 150 valence electrons. The summed E-state index contributed by atoms with van der Waals surface area (Å²) >= 11 is 1.14. The fourth-order valence-electron chi connectivity index (χ4n) is 3.39. The molecular formula is C17H25N3O5S2. The third-order valence-electron chi connectivity index (χ3n) is 4.80. The second-order valence-corrected chi connectivity index (χ2v) is 9.81. The Labute approximate surface area is 163 Å². The number of hydrogen-bond donors (Lipinski definition) is 2. The Balaban J connectivity index is 1.56. The molecule has 2 aliphatic rings. The summed E-state index contributed by atoms with van der Waals surface area (Å²) < 4.78 is 32.6. The lowest BCUT2D eigenvalue weighted by atomic mass is 9.95. The van der Waals surface area contributed by atoms with Crippen LogP contribution in [-0.4, -0.2) is 56.5 Å². The van der Waals surface area contributed by atoms with Crippen LogP contribution in [0.4, 0.5) is 0 Å². The Kier molecular flexibility index (Phi) is 6.85. The largest absolute Gasteiger partial charge is 0.360 e. The monoisotopic (exact) mass is 415 g/mol. The van der Waals surface area contributed by atoms with E-state index >= 15 is 0 Å². The highest BCUT2D eigenvalue weighted by molar-refractivity contribution is 7.91. The van der Waals surface area contributed by atoms with Gasteiger partial charge in [-0.15, -0.1) is 11.3 Å². The molecule has 1 aliphatic heterocycles. The summed E-state index contributed by atoms with van der Waals surface area (Å²) in [7, 11) is -3.68. The number of nitrogens with zero attached hydrogens (tertiary/aromatic N) is 1. The third-order valence-corrected chi connectivity index (χ3v) is 8.06. The number of rotatable bonds is 5. The quantitative estimate of drug-likeness (QED) is 0.700. The number of carbonyl (C=O) groups is 2. The number of ether oxygens (including phenoxy) is 1. The molecule has 1 saturated heterocycles. The SMILES string of the molecule is O=C(NC[C@H]1OCCCN1S(=O)(=O)c1cccs1)C(=O)NC1CCCCC1. The minimum Gasteiger partial charge on any atom is -0.360 e. The van der Waals surface area contributed by atoms with E-state index in [9.17, 15) is 18.0 Å². The smallest absolute Gasteiger partial charge is 0.309 e. The first-order valence-corrected chi connectivity index (χ1v) is 11.6. The molecule has 1 aliphatic carbocycles. The Morgan fingerprint density at radius 2 is 1.96 bits per heavy atom. The standard InChI is InChI=1S/C17H25N3O5S2/c21-16(17(22)19-13-6-2-1-3-7-13)18-12-14-20(9-5-10-25-14)27(23,24)15-8-4-11-26-15/h4,8,11,13-14H,1-3,5-7,9-10,12H2,(H,18,21)(H,19,22)/t14-/m1/s1. The molecule has 1 aromatic rings. The summed E-state index contributed by atoms with van der Waals surface area (Å²) in [4.78, 5) is 24.2. The summed E-state index contributed by atoms with van der Waals surface area (Å²) in [5.41, 5.74) is 0. The summed E-state index contributed by atoms with van der Waals surface area (Å²) in [6.45, 7) is 0.655. The average molecular weight is 416 g/mol. The van der Waals surface area contributed by atoms with Crippen molar-refractivity contribution in [3.63, 3.8) is 0 Å². The van der Waals surface area contributed by atoms with Crippen molar-refractivity contribution in [2.45, 2.75) is 55.0 Å². The number of hydrogen-bond acceptors (Lipinski definition) is 6. The Hall–Kier alpha value is -1.49. The fourth-order valence-corrected chi connectivity index (χ4v) is 6.07. The number of sulfonamides is 1. The maximum atomic E-state index is 12.8. The molecule has 0 spiro atoms. The van der Waals surface area contributed by atoms with Crippen molar-refractivity contribution in [2.75, 3.05) is 19.7 Å². The van der Waals surface area contributed by atoms with E-state index in [0.29, 0.717) is 19.6 Å². The Morgan fingerprint density at radius 3 is 2.67 bits per heavy atom. The van der Waals surface area contributed by atoms with Crippen LogP contribution >= 0.6 is 11.3 Å². The molecule has 2 amide bonds. The van der Waals surface area contributed by atoms with Gasteiger partial charge in [0.2, 0.25) is 0 Å². The first-order valence-electron chi connectivity index (χ1n) is 9.24. The van der Waals surface area contributed by atoms with Gasteiger partial charge in [0.05, 0.1) is 13.2 Å². The van der Waals surface area contributed by atoms with Crippen LogP contribution in [0.5, 0.6) is 0 Å². The molecule has 2 N–H and O–H groups in total. The van der Waals surface area contributed by atoms with Crippen molar-refractivity contribution in [2.24, 2.45) is 0 Å². The number of amides is 2. The molecule has 0 unspecified atom stereocenters. The maximum Gasteiger partial charge on any atom is 0.309 e. The lowest BCUT2D eigenvalue weighted by Crippen LogP contribution is -2.53. The number of carbonyl (C=O) groups excluding carboxylic acids is 2. The lowest BCUT2D eigenvalue weighted by Gasteiger charge is -2.34. The van der Waals surface area contributed by atoms with E-state index in [0.717, 1.165) is 43.4 Å². The van der Waals surface area contributed by atoms with Gasteiger partial charge < -0.3 is 15.4 Å². The van der Waals surface area contributed by atoms with Crippen molar-refractivity contribution in [3.05, 3.63) is 17.5 Å². The van der Waals surface area contributed by atoms with Crippen LogP contribution in [0.3, 0.4) is 0 Å². The minimum absolute atomic E-state index is 0.0404. The van der Waals surface area contributed by atoms with E-state index < -0.39 is 28.1 Å². The van der Waals surface area contributed by atoms with Gasteiger partial charge in [-0.05, 0) is 30.7 Å². The van der Waals surface area contributed by atoms with Gasteiger partial charge in [0.1, 0.15) is 10.4 Å². The number of thiophene rings is 1. The molecule has 0 bridgehead atoms. The summed E-state index contributed by atoms with van der Waals surface area (Å²) in [6, 6.07) is 3.26. The van der Waals surface area contributed by atoms with Gasteiger partial charge in [-0.1, -0.05) is 25.3 Å². The zero-order chi connectivity index (χ0) is 19.3. The lowest BCUT2D eigenvalue weighted by molar-refractivity contribution is -0.140. The molecule has 10 heteroatoms. The second-order valence-electron chi connectivity index (χ2n) is 6.75. The summed E-state index contributed by atoms with van der Waals surface area (Å²) in [5.74, 6) is -1.44. The van der Waals surface area contributed by atoms with E-state index in [-0.39, 0.29) is 16.8 Å². The molecule has 1 saturated carbocycles. The van der Waals surface area contributed by atoms with Crippen molar-refractivity contribution in [1.29, 1.82) is 0 Å². The van der Waals surface area contributed by atoms with Crippen molar-refractivity contribution < 1.29 is 22.7 Å². The van der Waals surface area contributed by atoms with Crippen LogP contribution in [-0.2, 0) is 24.3 Å². The summed E-state index contributed by atoms with van der Waals surface area (Å²) in [6.07, 6.45) is 4.80. The van der Waals surface area contributed by atoms with Crippen LogP contribution in [0.2, 0.25) is 0 Å². The molecule has 8 nitrogen and oxygen atoms in total. The normalized spacial score (nSPS) is 22.3. The van der Waals surface area contributed by atoms with Crippen molar-refractivity contribution >= 4 is 33.2 Å². The van der Waals surface area contributed by atoms with Crippen LogP contribution in [0.15, 0.2) is 21.7 Å². The van der Waals surface area contributed by atoms with Crippen LogP contribution in [0, 0.1) is 0 Å². The topological polar surface area (TPSA) is 105 Å². The van der Waals surface area contributed by atoms with Gasteiger partial charge in [-0.3, -0.25) is 9.59 Å². The molecule has 2 heterocycles. The fraction of sp³-hybridized carbons (Fsp3) is 0.647. The predicted molar refractivity (Wildman–Crippen MR) is 101 cm³/mol. The van der Waals surface area contributed by atoms with Gasteiger partial charge >= 0.3 is 11.8 Å². The van der Waals surface area contributed by atoms with Gasteiger partial charge in [0.25, 0.3) is 10.0 Å². The molecule has 27 heavy (non-hydrogen) atoms.